The van der Waals surface area contributed by atoms with Gasteiger partial charge < -0.3 is 14.9 Å². The Morgan fingerprint density at radius 1 is 1.16 bits per heavy atom. The summed E-state index contributed by atoms with van der Waals surface area (Å²) in [4.78, 5) is 35.5. The molecule has 2 aromatic rings. The molecule has 0 heterocycles. The molecule has 0 fully saturated rings. The number of imide groups is 1. The summed E-state index contributed by atoms with van der Waals surface area (Å²) < 4.78 is 6.29. The summed E-state index contributed by atoms with van der Waals surface area (Å²) in [5, 5.41) is 21.4. The summed E-state index contributed by atoms with van der Waals surface area (Å²) in [5.74, 6) is -1.72. The highest BCUT2D eigenvalue weighted by Crippen LogP contribution is 2.44. The number of phenols is 1. The minimum atomic E-state index is -1.05. The van der Waals surface area contributed by atoms with Crippen molar-refractivity contribution in [3.8, 4) is 5.75 Å². The van der Waals surface area contributed by atoms with E-state index in [0.29, 0.717) is 28.4 Å². The number of alkyl carbamates (subject to hydrolysis) is 1. The topological polar surface area (TPSA) is 113 Å². The quantitative estimate of drug-likeness (QED) is 0.438. The zero-order valence-electron chi connectivity index (χ0n) is 17.2. The van der Waals surface area contributed by atoms with Crippen molar-refractivity contribution in [2.24, 2.45) is 5.41 Å². The zero-order chi connectivity index (χ0) is 23.0. The third kappa shape index (κ3) is 7.25. The van der Waals surface area contributed by atoms with E-state index >= 15 is 0 Å². The lowest BCUT2D eigenvalue weighted by molar-refractivity contribution is -0.131. The van der Waals surface area contributed by atoms with Crippen molar-refractivity contribution in [1.82, 2.24) is 5.32 Å². The van der Waals surface area contributed by atoms with Gasteiger partial charge in [0.1, 0.15) is 11.9 Å². The van der Waals surface area contributed by atoms with E-state index in [4.69, 9.17) is 9.84 Å². The number of benzene rings is 2. The van der Waals surface area contributed by atoms with Gasteiger partial charge >= 0.3 is 12.1 Å². The van der Waals surface area contributed by atoms with Gasteiger partial charge in [0.25, 0.3) is 5.91 Å². The molecule has 0 aromatic heterocycles. The SMILES string of the molecule is CC(C)(CC/C=C/C(=O)O)[C@H](OC(=O)NC(=O)c1ccccc1)c1cc(Br)ccc1O. The lowest BCUT2D eigenvalue weighted by Crippen LogP contribution is -2.35. The molecular formula is C23H24BrNO6. The molecule has 0 saturated heterocycles. The maximum absolute atomic E-state index is 12.5. The van der Waals surface area contributed by atoms with Gasteiger partial charge in [-0.05, 0) is 43.2 Å². The van der Waals surface area contributed by atoms with E-state index in [1.54, 1.807) is 42.5 Å². The largest absolute Gasteiger partial charge is 0.508 e. The van der Waals surface area contributed by atoms with Crippen molar-refractivity contribution in [2.45, 2.75) is 32.8 Å². The number of allylic oxidation sites excluding steroid dienone is 1. The molecule has 0 bridgehead atoms. The molecule has 31 heavy (non-hydrogen) atoms. The van der Waals surface area contributed by atoms with Crippen LogP contribution in [0.25, 0.3) is 0 Å². The van der Waals surface area contributed by atoms with Crippen molar-refractivity contribution in [3.63, 3.8) is 0 Å². The molecule has 3 N–H and O–H groups in total. The first-order chi connectivity index (χ1) is 14.6. The molecule has 0 aliphatic rings. The number of aliphatic carboxylic acids is 1. The fraction of sp³-hybridized carbons (Fsp3) is 0.261. The second-order valence-corrected chi connectivity index (χ2v) is 8.49. The van der Waals surface area contributed by atoms with Gasteiger partial charge in [-0.1, -0.05) is 54.1 Å². The maximum Gasteiger partial charge on any atom is 0.414 e. The first kappa shape index (κ1) is 24.1. The first-order valence-corrected chi connectivity index (χ1v) is 10.3. The van der Waals surface area contributed by atoms with E-state index < -0.39 is 29.5 Å². The molecule has 7 nitrogen and oxygen atoms in total. The number of carboxylic acids is 1. The van der Waals surface area contributed by atoms with Crippen LogP contribution in [0, 0.1) is 5.41 Å². The normalized spacial score (nSPS) is 12.4. The Morgan fingerprint density at radius 2 is 1.84 bits per heavy atom. The molecule has 1 atom stereocenters. The smallest absolute Gasteiger partial charge is 0.414 e. The van der Waals surface area contributed by atoms with Crippen LogP contribution in [-0.2, 0) is 9.53 Å². The van der Waals surface area contributed by atoms with Gasteiger partial charge in [0.2, 0.25) is 0 Å². The second-order valence-electron chi connectivity index (χ2n) is 7.58. The Bertz CT molecular complexity index is 971. The summed E-state index contributed by atoms with van der Waals surface area (Å²) in [7, 11) is 0. The van der Waals surface area contributed by atoms with Crippen LogP contribution in [0.2, 0.25) is 0 Å². The number of carboxylic acid groups (broad SMARTS) is 1. The van der Waals surface area contributed by atoms with Crippen molar-refractivity contribution in [3.05, 3.63) is 76.3 Å². The Kier molecular flexibility index (Phi) is 8.38. The number of aromatic hydroxyl groups is 1. The molecule has 0 aliphatic heterocycles. The minimum Gasteiger partial charge on any atom is -0.508 e. The van der Waals surface area contributed by atoms with Crippen LogP contribution in [0.3, 0.4) is 0 Å². The number of carbonyl (C=O) groups excluding carboxylic acids is 2. The average Bonchev–Trinajstić information content (AvgIpc) is 2.72. The number of nitrogens with one attached hydrogen (secondary N) is 1. The highest BCUT2D eigenvalue weighted by molar-refractivity contribution is 9.10. The Labute approximate surface area is 188 Å². The molecule has 164 valence electrons. The minimum absolute atomic E-state index is 0.0652. The van der Waals surface area contributed by atoms with E-state index in [-0.39, 0.29) is 5.75 Å². The summed E-state index contributed by atoms with van der Waals surface area (Å²) in [5.41, 5.74) is -0.0305. The van der Waals surface area contributed by atoms with Crippen LogP contribution >= 0.6 is 15.9 Å². The van der Waals surface area contributed by atoms with Crippen molar-refractivity contribution >= 4 is 33.9 Å². The van der Waals surface area contributed by atoms with E-state index in [9.17, 15) is 19.5 Å². The van der Waals surface area contributed by atoms with Gasteiger partial charge in [0.05, 0.1) is 0 Å². The Balaban J connectivity index is 2.24. The third-order valence-electron chi connectivity index (χ3n) is 4.67. The fourth-order valence-electron chi connectivity index (χ4n) is 3.04. The van der Waals surface area contributed by atoms with Crippen LogP contribution in [0.15, 0.2) is 65.2 Å². The fourth-order valence-corrected chi connectivity index (χ4v) is 3.42. The molecule has 0 unspecified atom stereocenters. The Hall–Kier alpha value is -3.13. The molecule has 0 saturated carbocycles. The van der Waals surface area contributed by atoms with Crippen LogP contribution in [-0.4, -0.2) is 28.2 Å². The predicted octanol–water partition coefficient (Wildman–Crippen LogP) is 5.21. The molecule has 0 spiro atoms. The monoisotopic (exact) mass is 489 g/mol. The van der Waals surface area contributed by atoms with Crippen LogP contribution < -0.4 is 5.32 Å². The highest BCUT2D eigenvalue weighted by atomic mass is 79.9. The summed E-state index contributed by atoms with van der Waals surface area (Å²) in [6, 6.07) is 13.0. The Morgan fingerprint density at radius 3 is 2.48 bits per heavy atom. The van der Waals surface area contributed by atoms with Gasteiger partial charge in [-0.3, -0.25) is 10.1 Å². The van der Waals surface area contributed by atoms with Gasteiger partial charge in [-0.25, -0.2) is 9.59 Å². The van der Waals surface area contributed by atoms with Crippen LogP contribution in [0.4, 0.5) is 4.79 Å². The van der Waals surface area contributed by atoms with E-state index in [1.165, 1.54) is 12.1 Å². The van der Waals surface area contributed by atoms with Gasteiger partial charge in [0, 0.05) is 27.1 Å². The van der Waals surface area contributed by atoms with E-state index in [2.05, 4.69) is 21.2 Å². The number of rotatable bonds is 8. The summed E-state index contributed by atoms with van der Waals surface area (Å²) in [6.45, 7) is 3.66. The van der Waals surface area contributed by atoms with Gasteiger partial charge in [-0.15, -0.1) is 0 Å². The number of phenolic OH excluding ortho intramolecular Hbond substituents is 1. The summed E-state index contributed by atoms with van der Waals surface area (Å²) >= 11 is 3.35. The van der Waals surface area contributed by atoms with Gasteiger partial charge in [-0.2, -0.15) is 0 Å². The van der Waals surface area contributed by atoms with E-state index in [0.717, 1.165) is 6.08 Å². The first-order valence-electron chi connectivity index (χ1n) is 9.55. The number of hydrogen-bond acceptors (Lipinski definition) is 5. The van der Waals surface area contributed by atoms with Crippen LogP contribution in [0.5, 0.6) is 5.75 Å². The summed E-state index contributed by atoms with van der Waals surface area (Å²) in [6.07, 6.45) is 1.57. The third-order valence-corrected chi connectivity index (χ3v) is 5.17. The molecule has 2 rings (SSSR count). The van der Waals surface area contributed by atoms with E-state index in [1.807, 2.05) is 13.8 Å². The molecule has 8 heteroatoms. The van der Waals surface area contributed by atoms with Crippen molar-refractivity contribution in [1.29, 1.82) is 0 Å². The highest BCUT2D eigenvalue weighted by Gasteiger charge is 2.36. The molecule has 0 radical (unpaired) electrons. The number of carbonyl (C=O) groups is 3. The maximum atomic E-state index is 12.5. The van der Waals surface area contributed by atoms with Crippen molar-refractivity contribution in [2.75, 3.05) is 0 Å². The lowest BCUT2D eigenvalue weighted by atomic mass is 9.78. The predicted molar refractivity (Wildman–Crippen MR) is 119 cm³/mol. The number of halogens is 1. The van der Waals surface area contributed by atoms with Gasteiger partial charge in [0.15, 0.2) is 0 Å². The zero-order valence-corrected chi connectivity index (χ0v) is 18.8. The molecule has 2 amide bonds. The number of ether oxygens (including phenoxy) is 1. The molecule has 0 aliphatic carbocycles. The number of amides is 2. The van der Waals surface area contributed by atoms with Crippen LogP contribution in [0.1, 0.15) is 48.7 Å². The standard InChI is InChI=1S/C23H24BrNO6/c1-23(2,13-7-6-10-19(27)28)20(17-14-16(24)11-12-18(17)26)31-22(30)25-21(29)15-8-4-3-5-9-15/h3-6,8-12,14,20,26H,7,13H2,1-2H3,(H,27,28)(H,25,29,30)/b10-6+/t20-/m1/s1. The number of hydrogen-bond donors (Lipinski definition) is 3. The lowest BCUT2D eigenvalue weighted by Gasteiger charge is -2.34. The second kappa shape index (κ2) is 10.8. The molecule has 2 aromatic carbocycles. The average molecular weight is 490 g/mol. The van der Waals surface area contributed by atoms with Crippen molar-refractivity contribution < 1.29 is 29.3 Å². The molecular weight excluding hydrogens is 466 g/mol.